The van der Waals surface area contributed by atoms with E-state index in [0.29, 0.717) is 0 Å². The molecule has 0 aromatic heterocycles. The lowest BCUT2D eigenvalue weighted by atomic mass is 9.78. The highest BCUT2D eigenvalue weighted by Crippen LogP contribution is 2.28. The van der Waals surface area contributed by atoms with Gasteiger partial charge in [0.2, 0.25) is 0 Å². The number of carbonyl (C=O) groups is 1. The third-order valence-electron chi connectivity index (χ3n) is 2.50. The third kappa shape index (κ3) is 2.03. The molecule has 1 heterocycles. The van der Waals surface area contributed by atoms with E-state index in [9.17, 15) is 4.79 Å². The molecule has 0 saturated carbocycles. The summed E-state index contributed by atoms with van der Waals surface area (Å²) < 4.78 is 0. The van der Waals surface area contributed by atoms with Gasteiger partial charge in [-0.3, -0.25) is 0 Å². The molecule has 1 aliphatic heterocycles. The van der Waals surface area contributed by atoms with Crippen LogP contribution in [-0.2, 0) is 4.79 Å². The van der Waals surface area contributed by atoms with E-state index < -0.39 is 0 Å². The summed E-state index contributed by atoms with van der Waals surface area (Å²) in [6.45, 7) is 4.11. The fourth-order valence-corrected chi connectivity index (χ4v) is 1.86. The minimum Gasteiger partial charge on any atom is -0.316 e. The van der Waals surface area contributed by atoms with Gasteiger partial charge < -0.3 is 10.1 Å². The predicted molar refractivity (Wildman–Crippen MR) is 45.5 cm³/mol. The average molecular weight is 155 g/mol. The van der Waals surface area contributed by atoms with E-state index in [1.165, 1.54) is 0 Å². The topological polar surface area (TPSA) is 29.1 Å². The van der Waals surface area contributed by atoms with Crippen molar-refractivity contribution >= 4 is 6.29 Å². The number of hydrogen-bond donors (Lipinski definition) is 1. The van der Waals surface area contributed by atoms with Gasteiger partial charge in [0.1, 0.15) is 6.29 Å². The van der Waals surface area contributed by atoms with E-state index in [2.05, 4.69) is 12.2 Å². The van der Waals surface area contributed by atoms with Crippen LogP contribution in [0.5, 0.6) is 0 Å². The van der Waals surface area contributed by atoms with Crippen LogP contribution < -0.4 is 5.32 Å². The van der Waals surface area contributed by atoms with Crippen LogP contribution >= 0.6 is 0 Å². The maximum Gasteiger partial charge on any atom is 0.127 e. The van der Waals surface area contributed by atoms with Crippen LogP contribution in [0.15, 0.2) is 0 Å². The average Bonchev–Trinajstić information content (AvgIpc) is 2.07. The second-order valence-electron chi connectivity index (χ2n) is 3.51. The summed E-state index contributed by atoms with van der Waals surface area (Å²) in [4.78, 5) is 10.8. The van der Waals surface area contributed by atoms with Crippen molar-refractivity contribution in [3.05, 3.63) is 0 Å². The Morgan fingerprint density at radius 2 is 2.45 bits per heavy atom. The van der Waals surface area contributed by atoms with Gasteiger partial charge in [0.25, 0.3) is 0 Å². The van der Waals surface area contributed by atoms with E-state index in [1.54, 1.807) is 0 Å². The summed E-state index contributed by atoms with van der Waals surface area (Å²) in [6.07, 6.45) is 5.54. The van der Waals surface area contributed by atoms with Crippen LogP contribution in [0, 0.1) is 5.41 Å². The summed E-state index contributed by atoms with van der Waals surface area (Å²) in [5, 5.41) is 3.28. The minimum absolute atomic E-state index is 0.0208. The molecule has 2 nitrogen and oxygen atoms in total. The molecule has 1 saturated heterocycles. The Morgan fingerprint density at radius 1 is 1.64 bits per heavy atom. The molecule has 1 N–H and O–H groups in total. The first-order valence-electron chi connectivity index (χ1n) is 4.50. The Morgan fingerprint density at radius 3 is 2.91 bits per heavy atom. The first kappa shape index (κ1) is 8.72. The van der Waals surface area contributed by atoms with Crippen LogP contribution in [0.3, 0.4) is 0 Å². The largest absolute Gasteiger partial charge is 0.316 e. The van der Waals surface area contributed by atoms with Gasteiger partial charge in [0.05, 0.1) is 0 Å². The van der Waals surface area contributed by atoms with Crippen molar-refractivity contribution in [3.63, 3.8) is 0 Å². The number of hydrogen-bond acceptors (Lipinski definition) is 2. The van der Waals surface area contributed by atoms with Gasteiger partial charge in [-0.05, 0) is 25.8 Å². The number of nitrogens with one attached hydrogen (secondary N) is 1. The van der Waals surface area contributed by atoms with Gasteiger partial charge in [0.15, 0.2) is 0 Å². The van der Waals surface area contributed by atoms with Crippen molar-refractivity contribution in [2.75, 3.05) is 13.1 Å². The first-order chi connectivity index (χ1) is 5.33. The normalized spacial score (nSPS) is 31.7. The highest BCUT2D eigenvalue weighted by molar-refractivity contribution is 5.59. The van der Waals surface area contributed by atoms with Crippen molar-refractivity contribution in [1.82, 2.24) is 5.32 Å². The van der Waals surface area contributed by atoms with Gasteiger partial charge in [-0.1, -0.05) is 13.3 Å². The van der Waals surface area contributed by atoms with E-state index in [1.807, 2.05) is 0 Å². The molecule has 0 spiro atoms. The minimum atomic E-state index is -0.0208. The van der Waals surface area contributed by atoms with Crippen molar-refractivity contribution in [2.45, 2.75) is 32.6 Å². The maximum atomic E-state index is 10.8. The predicted octanol–water partition coefficient (Wildman–Crippen LogP) is 1.36. The fourth-order valence-electron chi connectivity index (χ4n) is 1.86. The lowest BCUT2D eigenvalue weighted by Crippen LogP contribution is -2.41. The summed E-state index contributed by atoms with van der Waals surface area (Å²) in [5.74, 6) is 0. The van der Waals surface area contributed by atoms with Crippen LogP contribution in [0.4, 0.5) is 0 Å². The molecule has 0 radical (unpaired) electrons. The first-order valence-corrected chi connectivity index (χ1v) is 4.50. The lowest BCUT2D eigenvalue weighted by molar-refractivity contribution is -0.117. The molecule has 1 rings (SSSR count). The number of piperidine rings is 1. The van der Waals surface area contributed by atoms with E-state index in [0.717, 1.165) is 45.1 Å². The lowest BCUT2D eigenvalue weighted by Gasteiger charge is -2.32. The zero-order valence-electron chi connectivity index (χ0n) is 7.23. The molecule has 0 bridgehead atoms. The molecule has 0 aromatic carbocycles. The summed E-state index contributed by atoms with van der Waals surface area (Å²) in [6, 6.07) is 0. The molecule has 1 aliphatic rings. The Balaban J connectivity index is 2.49. The monoisotopic (exact) mass is 155 g/mol. The standard InChI is InChI=1S/C9H17NO/c1-2-4-9(8-11)5-3-6-10-7-9/h8,10H,2-7H2,1H3. The van der Waals surface area contributed by atoms with Gasteiger partial charge in [-0.2, -0.15) is 0 Å². The Labute approximate surface area is 68.4 Å². The van der Waals surface area contributed by atoms with Crippen LogP contribution in [0.2, 0.25) is 0 Å². The smallest absolute Gasteiger partial charge is 0.127 e. The zero-order valence-corrected chi connectivity index (χ0v) is 7.23. The van der Waals surface area contributed by atoms with E-state index >= 15 is 0 Å². The molecule has 11 heavy (non-hydrogen) atoms. The summed E-state index contributed by atoms with van der Waals surface area (Å²) >= 11 is 0. The molecule has 0 aliphatic carbocycles. The molecule has 0 aromatic rings. The Hall–Kier alpha value is -0.370. The molecular formula is C9H17NO. The molecule has 1 fully saturated rings. The molecule has 1 atom stereocenters. The number of rotatable bonds is 3. The molecular weight excluding hydrogens is 138 g/mol. The second kappa shape index (κ2) is 3.86. The van der Waals surface area contributed by atoms with Crippen LogP contribution in [0.25, 0.3) is 0 Å². The van der Waals surface area contributed by atoms with Gasteiger partial charge in [-0.25, -0.2) is 0 Å². The quantitative estimate of drug-likeness (QED) is 0.623. The second-order valence-corrected chi connectivity index (χ2v) is 3.51. The van der Waals surface area contributed by atoms with E-state index in [-0.39, 0.29) is 5.41 Å². The highest BCUT2D eigenvalue weighted by Gasteiger charge is 2.30. The third-order valence-corrected chi connectivity index (χ3v) is 2.50. The zero-order chi connectivity index (χ0) is 8.16. The van der Waals surface area contributed by atoms with Crippen LogP contribution in [0.1, 0.15) is 32.6 Å². The Bertz CT molecular complexity index is 122. The Kier molecular flexibility index (Phi) is 3.06. The van der Waals surface area contributed by atoms with Crippen molar-refractivity contribution in [1.29, 1.82) is 0 Å². The molecule has 0 amide bonds. The summed E-state index contributed by atoms with van der Waals surface area (Å²) in [5.41, 5.74) is -0.0208. The molecule has 2 heteroatoms. The SMILES string of the molecule is CCCC1(C=O)CCCNC1. The van der Waals surface area contributed by atoms with Crippen molar-refractivity contribution in [2.24, 2.45) is 5.41 Å². The summed E-state index contributed by atoms with van der Waals surface area (Å²) in [7, 11) is 0. The van der Waals surface area contributed by atoms with E-state index in [4.69, 9.17) is 0 Å². The van der Waals surface area contributed by atoms with Crippen LogP contribution in [-0.4, -0.2) is 19.4 Å². The number of carbonyl (C=O) groups excluding carboxylic acids is 1. The molecule has 1 unspecified atom stereocenters. The fraction of sp³-hybridized carbons (Fsp3) is 0.889. The van der Waals surface area contributed by atoms with Gasteiger partial charge in [0, 0.05) is 12.0 Å². The van der Waals surface area contributed by atoms with Gasteiger partial charge >= 0.3 is 0 Å². The van der Waals surface area contributed by atoms with Crippen molar-refractivity contribution < 1.29 is 4.79 Å². The highest BCUT2D eigenvalue weighted by atomic mass is 16.1. The molecule has 64 valence electrons. The maximum absolute atomic E-state index is 10.8. The number of aldehydes is 1. The van der Waals surface area contributed by atoms with Gasteiger partial charge in [-0.15, -0.1) is 0 Å². The van der Waals surface area contributed by atoms with Crippen molar-refractivity contribution in [3.8, 4) is 0 Å².